The topological polar surface area (TPSA) is 92.5 Å². The van der Waals surface area contributed by atoms with E-state index in [0.29, 0.717) is 6.04 Å². The lowest BCUT2D eigenvalue weighted by Gasteiger charge is -2.26. The molecule has 7 rings (SSSR count). The summed E-state index contributed by atoms with van der Waals surface area (Å²) in [4.78, 5) is 16.6. The van der Waals surface area contributed by atoms with Crippen LogP contribution in [0.25, 0.3) is 39.1 Å². The van der Waals surface area contributed by atoms with Crippen molar-refractivity contribution in [3.8, 4) is 22.4 Å². The summed E-state index contributed by atoms with van der Waals surface area (Å²) >= 11 is 0. The maximum Gasteiger partial charge on any atom is 0.160 e. The molecule has 0 radical (unpaired) electrons. The zero-order valence-corrected chi connectivity index (χ0v) is 22.3. The minimum Gasteiger partial charge on any atom is -0.379 e. The van der Waals surface area contributed by atoms with E-state index in [1.807, 2.05) is 23.0 Å². The number of pyridine rings is 2. The van der Waals surface area contributed by atoms with Gasteiger partial charge in [-0.15, -0.1) is 0 Å². The first-order valence-electron chi connectivity index (χ1n) is 13.6. The fourth-order valence-electron chi connectivity index (χ4n) is 5.65. The van der Waals surface area contributed by atoms with Crippen molar-refractivity contribution < 1.29 is 4.74 Å². The van der Waals surface area contributed by atoms with E-state index in [4.69, 9.17) is 19.8 Å². The second kappa shape index (κ2) is 10.1. The van der Waals surface area contributed by atoms with Crippen LogP contribution in [0.2, 0.25) is 0 Å². The number of aryl methyl sites for hydroxylation is 1. The summed E-state index contributed by atoms with van der Waals surface area (Å²) in [6.07, 6.45) is 4.70. The van der Waals surface area contributed by atoms with Crippen LogP contribution in [0, 0.1) is 6.92 Å². The predicted octanol–water partition coefficient (Wildman–Crippen LogP) is 4.07. The normalized spacial score (nSPS) is 20.3. The van der Waals surface area contributed by atoms with E-state index < -0.39 is 0 Å². The summed E-state index contributed by atoms with van der Waals surface area (Å²) < 4.78 is 7.40. The molecule has 6 heterocycles. The Hall–Kier alpha value is -3.76. The van der Waals surface area contributed by atoms with Gasteiger partial charge in [0.25, 0.3) is 0 Å². The van der Waals surface area contributed by atoms with Crippen molar-refractivity contribution in [1.29, 1.82) is 0 Å². The van der Waals surface area contributed by atoms with Crippen LogP contribution in [0.5, 0.6) is 0 Å². The maximum absolute atomic E-state index is 5.47. The molecule has 39 heavy (non-hydrogen) atoms. The number of fused-ring (bicyclic) bond motifs is 2. The largest absolute Gasteiger partial charge is 0.379 e. The van der Waals surface area contributed by atoms with Gasteiger partial charge in [0.15, 0.2) is 11.3 Å². The maximum atomic E-state index is 5.47. The van der Waals surface area contributed by atoms with Gasteiger partial charge in [-0.3, -0.25) is 10.3 Å². The minimum atomic E-state index is 0.182. The molecule has 0 saturated carbocycles. The summed E-state index contributed by atoms with van der Waals surface area (Å²) in [5, 5.41) is 5.96. The third-order valence-corrected chi connectivity index (χ3v) is 7.80. The van der Waals surface area contributed by atoms with Gasteiger partial charge in [0.1, 0.15) is 0 Å². The quantitative estimate of drug-likeness (QED) is 0.358. The number of nitrogens with one attached hydrogen (secondary N) is 2. The van der Waals surface area contributed by atoms with Crippen molar-refractivity contribution in [2.24, 2.45) is 0 Å². The number of hydrogen-bond donors (Lipinski definition) is 2. The minimum absolute atomic E-state index is 0.182. The smallest absolute Gasteiger partial charge is 0.160 e. The van der Waals surface area contributed by atoms with E-state index in [-0.39, 0.29) is 6.04 Å². The molecule has 2 aliphatic rings. The Bertz CT molecular complexity index is 1640. The molecule has 1 aromatic carbocycles. The van der Waals surface area contributed by atoms with E-state index in [9.17, 15) is 0 Å². The molecule has 2 N–H and O–H groups in total. The van der Waals surface area contributed by atoms with Crippen LogP contribution in [0.4, 0.5) is 0 Å². The molecule has 9 nitrogen and oxygen atoms in total. The first-order chi connectivity index (χ1) is 19.1. The Morgan fingerprint density at radius 3 is 2.62 bits per heavy atom. The van der Waals surface area contributed by atoms with Gasteiger partial charge in [-0.05, 0) is 55.7 Å². The zero-order valence-electron chi connectivity index (χ0n) is 22.3. The molecule has 0 amide bonds. The molecule has 2 fully saturated rings. The number of hydrazine groups is 1. The van der Waals surface area contributed by atoms with Gasteiger partial charge in [-0.25, -0.2) is 24.9 Å². The zero-order chi connectivity index (χ0) is 26.3. The van der Waals surface area contributed by atoms with E-state index in [1.54, 1.807) is 0 Å². The van der Waals surface area contributed by atoms with Crippen molar-refractivity contribution in [2.45, 2.75) is 38.9 Å². The number of rotatable bonds is 5. The van der Waals surface area contributed by atoms with Crippen molar-refractivity contribution >= 4 is 16.7 Å². The number of benzene rings is 1. The van der Waals surface area contributed by atoms with Gasteiger partial charge in [-0.2, -0.15) is 5.10 Å². The van der Waals surface area contributed by atoms with E-state index >= 15 is 0 Å². The van der Waals surface area contributed by atoms with Crippen LogP contribution in [0.3, 0.4) is 0 Å². The number of hydrogen-bond acceptors (Lipinski definition) is 8. The van der Waals surface area contributed by atoms with E-state index in [2.05, 4.69) is 77.0 Å². The Morgan fingerprint density at radius 1 is 0.974 bits per heavy atom. The summed E-state index contributed by atoms with van der Waals surface area (Å²) in [7, 11) is 0. The third-order valence-electron chi connectivity index (χ3n) is 7.80. The monoisotopic (exact) mass is 520 g/mol. The second-order valence-corrected chi connectivity index (χ2v) is 10.6. The Morgan fingerprint density at radius 2 is 1.82 bits per heavy atom. The molecule has 0 aliphatic carbocycles. The van der Waals surface area contributed by atoms with Crippen molar-refractivity contribution in [1.82, 2.24) is 40.3 Å². The SMILES string of the molecule is Cc1nn2c(-c3ccnc4nc(C5CC(C)NN5)ccc34)cnc2cc1-c1ccc(CN2CCOCC2)cc1. The highest BCUT2D eigenvalue weighted by Crippen LogP contribution is 2.31. The molecule has 2 saturated heterocycles. The van der Waals surface area contributed by atoms with Gasteiger partial charge in [0, 0.05) is 48.4 Å². The van der Waals surface area contributed by atoms with E-state index in [0.717, 1.165) is 89.7 Å². The average Bonchev–Trinajstić information content (AvgIpc) is 3.59. The highest BCUT2D eigenvalue weighted by atomic mass is 16.5. The Labute approximate surface area is 227 Å². The van der Waals surface area contributed by atoms with Crippen LogP contribution in [-0.2, 0) is 11.3 Å². The first kappa shape index (κ1) is 24.3. The van der Waals surface area contributed by atoms with Gasteiger partial charge < -0.3 is 4.74 Å². The molecule has 0 spiro atoms. The van der Waals surface area contributed by atoms with Gasteiger partial charge in [-0.1, -0.05) is 24.3 Å². The molecule has 9 heteroatoms. The van der Waals surface area contributed by atoms with Crippen LogP contribution >= 0.6 is 0 Å². The first-order valence-corrected chi connectivity index (χ1v) is 13.6. The number of imidazole rings is 1. The predicted molar refractivity (Wildman–Crippen MR) is 151 cm³/mol. The fraction of sp³-hybridized carbons (Fsp3) is 0.333. The molecule has 2 atom stereocenters. The number of nitrogens with zero attached hydrogens (tertiary/aromatic N) is 6. The summed E-state index contributed by atoms with van der Waals surface area (Å²) in [6, 6.07) is 17.8. The highest BCUT2D eigenvalue weighted by Gasteiger charge is 2.23. The molecular formula is C30H32N8O. The van der Waals surface area contributed by atoms with Crippen LogP contribution in [0.1, 0.15) is 36.3 Å². The lowest BCUT2D eigenvalue weighted by molar-refractivity contribution is 0.0342. The molecular weight excluding hydrogens is 488 g/mol. The average molecular weight is 521 g/mol. The molecule has 198 valence electrons. The van der Waals surface area contributed by atoms with Crippen LogP contribution < -0.4 is 10.9 Å². The number of ether oxygens (including phenoxy) is 1. The van der Waals surface area contributed by atoms with Crippen molar-refractivity contribution in [3.05, 3.63) is 77.9 Å². The third kappa shape index (κ3) is 4.68. The van der Waals surface area contributed by atoms with Crippen LogP contribution in [-0.4, -0.2) is 61.8 Å². The fourth-order valence-corrected chi connectivity index (χ4v) is 5.65. The molecule has 5 aromatic rings. The number of aromatic nitrogens is 5. The molecule has 0 bridgehead atoms. The van der Waals surface area contributed by atoms with Crippen molar-refractivity contribution in [2.75, 3.05) is 26.3 Å². The van der Waals surface area contributed by atoms with Gasteiger partial charge >= 0.3 is 0 Å². The summed E-state index contributed by atoms with van der Waals surface area (Å²) in [5.41, 5.74) is 15.6. The lowest BCUT2D eigenvalue weighted by atomic mass is 10.0. The highest BCUT2D eigenvalue weighted by molar-refractivity contribution is 5.92. The number of morpholine rings is 1. The summed E-state index contributed by atoms with van der Waals surface area (Å²) in [5.74, 6) is 0. The lowest BCUT2D eigenvalue weighted by Crippen LogP contribution is -2.35. The van der Waals surface area contributed by atoms with E-state index in [1.165, 1.54) is 5.56 Å². The van der Waals surface area contributed by atoms with Gasteiger partial charge in [0.05, 0.1) is 42.5 Å². The summed E-state index contributed by atoms with van der Waals surface area (Å²) in [6.45, 7) is 8.78. The molecule has 2 aliphatic heterocycles. The van der Waals surface area contributed by atoms with Crippen molar-refractivity contribution in [3.63, 3.8) is 0 Å². The Balaban J connectivity index is 1.19. The second-order valence-electron chi connectivity index (χ2n) is 10.6. The molecule has 4 aromatic heterocycles. The molecule has 2 unspecified atom stereocenters. The Kier molecular flexibility index (Phi) is 6.28. The van der Waals surface area contributed by atoms with Gasteiger partial charge in [0.2, 0.25) is 0 Å². The van der Waals surface area contributed by atoms with Crippen LogP contribution in [0.15, 0.2) is 60.9 Å². The standard InChI is InChI=1S/C30H32N8O/c1-19-15-27(35-34-19)26-8-7-24-23(9-10-31-30(24)33-26)28-17-32-29-16-25(20(2)36-38(28)29)22-5-3-21(4-6-22)18-37-11-13-39-14-12-37/h3-10,16-17,19,27,34-35H,11-15,18H2,1-2H3.